The first-order chi connectivity index (χ1) is 14.9. The molecule has 0 heterocycles. The minimum atomic E-state index is -6.00. The molecule has 31 heavy (non-hydrogen) atoms. The highest BCUT2D eigenvalue weighted by molar-refractivity contribution is 7.15. The van der Waals surface area contributed by atoms with E-state index in [1.54, 1.807) is 0 Å². The Hall–Kier alpha value is -2.91. The maximum Gasteiger partial charge on any atom is 0.673 e. The van der Waals surface area contributed by atoms with Gasteiger partial charge in [-0.1, -0.05) is 103 Å². The van der Waals surface area contributed by atoms with Crippen molar-refractivity contribution in [2.24, 2.45) is 0 Å². The van der Waals surface area contributed by atoms with Crippen LogP contribution >= 0.6 is 9.24 Å². The first-order valence-corrected chi connectivity index (χ1v) is 10.9. The summed E-state index contributed by atoms with van der Waals surface area (Å²) in [6, 6.07) is 36.8. The van der Waals surface area contributed by atoms with Gasteiger partial charge in [-0.2, -0.15) is 0 Å². The maximum atomic E-state index is 9.75. The summed E-state index contributed by atoms with van der Waals surface area (Å²) in [5, 5.41) is 0. The molecular weight excluding hydrogens is 418 g/mol. The minimum Gasteiger partial charge on any atom is -0.418 e. The Morgan fingerprint density at radius 2 is 0.903 bits per heavy atom. The second kappa shape index (κ2) is 10.4. The quantitative estimate of drug-likeness (QED) is 0.171. The van der Waals surface area contributed by atoms with Gasteiger partial charge >= 0.3 is 7.25 Å². The molecular formula is C25H22BF4P. The number of halogens is 4. The normalized spacial score (nSPS) is 11.0. The first kappa shape index (κ1) is 22.8. The molecule has 0 fully saturated rings. The van der Waals surface area contributed by atoms with E-state index in [2.05, 4.69) is 103 Å². The van der Waals surface area contributed by atoms with Gasteiger partial charge in [-0.15, -0.1) is 0 Å². The molecule has 0 radical (unpaired) electrons. The zero-order chi connectivity index (χ0) is 22.3. The summed E-state index contributed by atoms with van der Waals surface area (Å²) in [4.78, 5) is 0. The van der Waals surface area contributed by atoms with Gasteiger partial charge in [0.15, 0.2) is 0 Å². The lowest BCUT2D eigenvalue weighted by Gasteiger charge is -2.19. The molecule has 0 nitrogen and oxygen atoms in total. The Kier molecular flexibility index (Phi) is 7.65. The monoisotopic (exact) mass is 440 g/mol. The lowest BCUT2D eigenvalue weighted by atomic mass is 9.85. The molecule has 0 aliphatic carbocycles. The van der Waals surface area contributed by atoms with Gasteiger partial charge in [-0.25, -0.2) is 0 Å². The fourth-order valence-electron chi connectivity index (χ4n) is 3.55. The van der Waals surface area contributed by atoms with Gasteiger partial charge < -0.3 is 17.3 Å². The summed E-state index contributed by atoms with van der Waals surface area (Å²) in [5.74, 6) is 0. The van der Waals surface area contributed by atoms with Crippen LogP contribution in [0.1, 0.15) is 5.56 Å². The van der Waals surface area contributed by atoms with Gasteiger partial charge in [0.05, 0.1) is 6.16 Å². The number of hydrogen-bond acceptors (Lipinski definition) is 0. The third kappa shape index (κ3) is 6.29. The van der Waals surface area contributed by atoms with Crippen molar-refractivity contribution >= 4 is 16.5 Å². The van der Waals surface area contributed by atoms with Gasteiger partial charge in [-0.3, -0.25) is 0 Å². The molecule has 0 amide bonds. The van der Waals surface area contributed by atoms with Crippen molar-refractivity contribution < 1.29 is 17.3 Å². The summed E-state index contributed by atoms with van der Waals surface area (Å²) >= 11 is 0. The topological polar surface area (TPSA) is 0 Å². The van der Waals surface area contributed by atoms with Gasteiger partial charge in [0.2, 0.25) is 0 Å². The van der Waals surface area contributed by atoms with Crippen LogP contribution in [-0.2, 0) is 6.16 Å². The van der Waals surface area contributed by atoms with Crippen LogP contribution < -0.4 is 0 Å². The van der Waals surface area contributed by atoms with Crippen molar-refractivity contribution in [2.75, 3.05) is 0 Å². The zero-order valence-electron chi connectivity index (χ0n) is 16.8. The van der Waals surface area contributed by atoms with E-state index in [0.29, 0.717) is 0 Å². The smallest absolute Gasteiger partial charge is 0.418 e. The molecule has 158 valence electrons. The third-order valence-corrected chi connectivity index (χ3v) is 5.31. The van der Waals surface area contributed by atoms with Crippen LogP contribution in [-0.4, -0.2) is 7.25 Å². The van der Waals surface area contributed by atoms with E-state index in [1.165, 1.54) is 38.9 Å². The molecule has 4 aromatic carbocycles. The minimum absolute atomic E-state index is 1.04. The van der Waals surface area contributed by atoms with Crippen LogP contribution in [0.2, 0.25) is 0 Å². The Morgan fingerprint density at radius 1 is 0.516 bits per heavy atom. The molecule has 0 spiro atoms. The average Bonchev–Trinajstić information content (AvgIpc) is 2.79. The van der Waals surface area contributed by atoms with E-state index in [1.807, 2.05) is 9.24 Å². The van der Waals surface area contributed by atoms with Crippen molar-refractivity contribution in [2.45, 2.75) is 6.16 Å². The molecule has 0 saturated heterocycles. The lowest BCUT2D eigenvalue weighted by molar-refractivity contribution is 0.368. The van der Waals surface area contributed by atoms with Gasteiger partial charge in [0.1, 0.15) is 0 Å². The van der Waals surface area contributed by atoms with E-state index in [-0.39, 0.29) is 0 Å². The molecule has 0 aliphatic rings. The molecule has 0 N–H and O–H groups in total. The maximum absolute atomic E-state index is 9.75. The Morgan fingerprint density at radius 3 is 1.32 bits per heavy atom. The van der Waals surface area contributed by atoms with Crippen LogP contribution in [0, 0.1) is 0 Å². The van der Waals surface area contributed by atoms with E-state index in [0.717, 1.165) is 6.16 Å². The highest BCUT2D eigenvalue weighted by atomic mass is 31.0. The summed E-state index contributed by atoms with van der Waals surface area (Å²) in [5.41, 5.74) is 9.17. The molecule has 1 unspecified atom stereocenters. The molecule has 4 rings (SSSR count). The van der Waals surface area contributed by atoms with E-state index >= 15 is 0 Å². The molecule has 0 saturated carbocycles. The molecule has 4 aromatic rings. The fourth-order valence-corrected chi connectivity index (χ4v) is 3.97. The standard InChI is InChI=1S/C25H21P.BF4/c26-18-22-16-17-23(19-10-4-1-5-11-19)25(21-14-8-3-9-15-21)24(22)20-12-6-2-7-13-20;2-1(3,4)5/h1-17H,18,26H2;/q;-1/p+1. The fraction of sp³-hybridized carbons (Fsp3) is 0.0400. The summed E-state index contributed by atoms with van der Waals surface area (Å²) in [6.07, 6.45) is 1.04. The summed E-state index contributed by atoms with van der Waals surface area (Å²) < 4.78 is 39.0. The van der Waals surface area contributed by atoms with Gasteiger partial charge in [0.25, 0.3) is 0 Å². The molecule has 0 aliphatic heterocycles. The second-order valence-corrected chi connectivity index (χ2v) is 7.37. The molecule has 0 aromatic heterocycles. The Labute approximate surface area is 182 Å². The van der Waals surface area contributed by atoms with Crippen molar-refractivity contribution in [3.63, 3.8) is 0 Å². The SMILES string of the molecule is F[B-](F)(F)F.[PH3+]Cc1ccc(-c2ccccc2)c(-c2ccccc2)c1-c1ccccc1. The van der Waals surface area contributed by atoms with Crippen molar-refractivity contribution in [3.05, 3.63) is 109 Å². The molecule has 0 bridgehead atoms. The molecule has 6 heteroatoms. The zero-order valence-corrected chi connectivity index (χ0v) is 18.2. The summed E-state index contributed by atoms with van der Waals surface area (Å²) in [7, 11) is -3.98. The first-order valence-electron chi connectivity index (χ1n) is 9.87. The van der Waals surface area contributed by atoms with Gasteiger partial charge in [-0.05, 0) is 48.2 Å². The van der Waals surface area contributed by atoms with E-state index in [4.69, 9.17) is 0 Å². The highest BCUT2D eigenvalue weighted by Gasteiger charge is 2.20. The van der Waals surface area contributed by atoms with Crippen molar-refractivity contribution in [1.82, 2.24) is 0 Å². The number of benzene rings is 4. The van der Waals surface area contributed by atoms with Crippen molar-refractivity contribution in [3.8, 4) is 33.4 Å². The van der Waals surface area contributed by atoms with Crippen LogP contribution in [0.15, 0.2) is 103 Å². The summed E-state index contributed by atoms with van der Waals surface area (Å²) in [6.45, 7) is 0. The van der Waals surface area contributed by atoms with Crippen LogP contribution in [0.4, 0.5) is 17.3 Å². The third-order valence-electron chi connectivity index (χ3n) is 4.77. The van der Waals surface area contributed by atoms with Crippen LogP contribution in [0.5, 0.6) is 0 Å². The predicted molar refractivity (Wildman–Crippen MR) is 128 cm³/mol. The van der Waals surface area contributed by atoms with Crippen molar-refractivity contribution in [1.29, 1.82) is 0 Å². The largest absolute Gasteiger partial charge is 0.673 e. The van der Waals surface area contributed by atoms with E-state index in [9.17, 15) is 17.3 Å². The van der Waals surface area contributed by atoms with Crippen LogP contribution in [0.3, 0.4) is 0 Å². The molecule has 1 atom stereocenters. The van der Waals surface area contributed by atoms with Crippen LogP contribution in [0.25, 0.3) is 33.4 Å². The highest BCUT2D eigenvalue weighted by Crippen LogP contribution is 2.42. The van der Waals surface area contributed by atoms with Gasteiger partial charge in [0, 0.05) is 0 Å². The predicted octanol–water partition coefficient (Wildman–Crippen LogP) is 8.10. The number of rotatable bonds is 4. The average molecular weight is 440 g/mol. The Bertz CT molecular complexity index is 1090. The second-order valence-electron chi connectivity index (χ2n) is 6.87. The lowest BCUT2D eigenvalue weighted by Crippen LogP contribution is -2.02. The van der Waals surface area contributed by atoms with E-state index < -0.39 is 7.25 Å². The number of hydrogen-bond donors (Lipinski definition) is 0. The Balaban J connectivity index is 0.000000491.